The predicted molar refractivity (Wildman–Crippen MR) is 85.7 cm³/mol. The van der Waals surface area contributed by atoms with Gasteiger partial charge in [0.05, 0.1) is 6.10 Å². The summed E-state index contributed by atoms with van der Waals surface area (Å²) in [6.45, 7) is 1.55. The second-order valence-corrected chi connectivity index (χ2v) is 6.70. The first-order chi connectivity index (χ1) is 13.7. The van der Waals surface area contributed by atoms with E-state index in [0.717, 1.165) is 0 Å². The van der Waals surface area contributed by atoms with Crippen LogP contribution in [-0.2, 0) is 53.8 Å². The van der Waals surface area contributed by atoms with Gasteiger partial charge in [0.25, 0.3) is 6.47 Å². The van der Waals surface area contributed by atoms with Crippen LogP contribution in [0.3, 0.4) is 0 Å². The van der Waals surface area contributed by atoms with Crippen molar-refractivity contribution in [2.45, 2.75) is 68.5 Å². The molecule has 2 saturated heterocycles. The fraction of sp³-hybridized carbons (Fsp3) is 0.929. The highest BCUT2D eigenvalue weighted by atomic mass is 32.2. The lowest BCUT2D eigenvalue weighted by molar-refractivity contribution is -0.395. The molecule has 0 amide bonds. The molecule has 3 N–H and O–H groups in total. The number of ether oxygens (including phenoxy) is 6. The van der Waals surface area contributed by atoms with E-state index in [9.17, 15) is 28.9 Å². The van der Waals surface area contributed by atoms with Crippen LogP contribution in [0.5, 0.6) is 0 Å². The summed E-state index contributed by atoms with van der Waals surface area (Å²) in [5.41, 5.74) is 0. The molecule has 2 fully saturated rings. The van der Waals surface area contributed by atoms with E-state index in [1.54, 1.807) is 0 Å². The summed E-state index contributed by atoms with van der Waals surface area (Å²) in [5.74, 6) is 0. The molecule has 0 saturated carbocycles. The first kappa shape index (κ1) is 24.4. The van der Waals surface area contributed by atoms with Crippen molar-refractivity contribution in [1.29, 1.82) is 0 Å². The minimum atomic E-state index is -3.04. The van der Waals surface area contributed by atoms with Gasteiger partial charge < -0.3 is 48.3 Å². The van der Waals surface area contributed by atoms with E-state index in [0.29, 0.717) is 0 Å². The van der Waals surface area contributed by atoms with Crippen molar-refractivity contribution in [2.75, 3.05) is 14.2 Å². The van der Waals surface area contributed by atoms with Gasteiger partial charge in [-0.25, -0.2) is 9.10 Å². The van der Waals surface area contributed by atoms with Crippen LogP contribution in [0.2, 0.25) is 0 Å². The summed E-state index contributed by atoms with van der Waals surface area (Å²) < 4.78 is 56.2. The van der Waals surface area contributed by atoms with Crippen molar-refractivity contribution in [3.63, 3.8) is 0 Å². The number of rotatable bonds is 9. The summed E-state index contributed by atoms with van der Waals surface area (Å²) in [7, 11) is 2.47. The van der Waals surface area contributed by atoms with Gasteiger partial charge in [0.2, 0.25) is 6.29 Å². The van der Waals surface area contributed by atoms with Gasteiger partial charge in [-0.15, -0.1) is 4.33 Å². The molecular weight excluding hydrogens is 424 g/mol. The first-order valence-electron chi connectivity index (χ1n) is 8.33. The second kappa shape index (κ2) is 11.0. The van der Waals surface area contributed by atoms with Crippen molar-refractivity contribution < 1.29 is 66.5 Å². The minimum Gasteiger partial charge on any atom is -0.748 e. The lowest BCUT2D eigenvalue weighted by Gasteiger charge is -2.45. The van der Waals surface area contributed by atoms with Crippen LogP contribution in [0.25, 0.3) is 0 Å². The Morgan fingerprint density at radius 3 is 2.17 bits per heavy atom. The molecule has 2 rings (SSSR count). The number of hydrogen-bond donors (Lipinski definition) is 3. The largest absolute Gasteiger partial charge is 0.748 e. The molecule has 15 heteroatoms. The Morgan fingerprint density at radius 1 is 0.931 bits per heavy atom. The first-order valence-corrected chi connectivity index (χ1v) is 9.33. The Hall–Kier alpha value is -0.820. The molecule has 170 valence electrons. The molecule has 0 aliphatic carbocycles. The number of hydrogen-bond acceptors (Lipinski definition) is 14. The maximum Gasteiger partial charge on any atom is 0.295 e. The van der Waals surface area contributed by atoms with Gasteiger partial charge in [0.15, 0.2) is 24.8 Å². The summed E-state index contributed by atoms with van der Waals surface area (Å²) in [4.78, 5) is 15.5. The molecule has 2 heterocycles. The van der Waals surface area contributed by atoms with E-state index < -0.39 is 73.0 Å². The zero-order chi connectivity index (χ0) is 21.7. The molecule has 0 aromatic carbocycles. The lowest BCUT2D eigenvalue weighted by Crippen LogP contribution is -2.64. The average Bonchev–Trinajstić information content (AvgIpc) is 2.68. The van der Waals surface area contributed by atoms with Crippen LogP contribution in [0.4, 0.5) is 0 Å². The summed E-state index contributed by atoms with van der Waals surface area (Å²) in [6.07, 6.45) is -14.0. The smallest absolute Gasteiger partial charge is 0.295 e. The second-order valence-electron chi connectivity index (χ2n) is 6.16. The molecule has 0 radical (unpaired) electrons. The third-order valence-electron chi connectivity index (χ3n) is 4.44. The molecule has 2 aliphatic heterocycles. The van der Waals surface area contributed by atoms with Crippen molar-refractivity contribution in [3.05, 3.63) is 0 Å². The fourth-order valence-electron chi connectivity index (χ4n) is 3.08. The van der Waals surface area contributed by atoms with Crippen LogP contribution in [-0.4, -0.2) is 106 Å². The molecule has 0 spiro atoms. The maximum atomic E-state index is 10.8. The van der Waals surface area contributed by atoms with Crippen molar-refractivity contribution in [2.24, 2.45) is 0 Å². The Bertz CT molecular complexity index is 550. The number of aliphatic hydroxyl groups excluding tert-OH is 3. The predicted octanol–water partition coefficient (Wildman–Crippen LogP) is -3.17. The normalized spacial score (nSPS) is 44.2. The average molecular weight is 447 g/mol. The van der Waals surface area contributed by atoms with E-state index in [-0.39, 0.29) is 6.47 Å². The lowest BCUT2D eigenvalue weighted by atomic mass is 9.99. The van der Waals surface area contributed by atoms with Crippen LogP contribution in [0, 0.1) is 0 Å². The topological polar surface area (TPSA) is 192 Å². The monoisotopic (exact) mass is 447 g/mol. The zero-order valence-corrected chi connectivity index (χ0v) is 16.4. The molecule has 14 nitrogen and oxygen atoms in total. The molecule has 0 bridgehead atoms. The third kappa shape index (κ3) is 5.66. The van der Waals surface area contributed by atoms with Gasteiger partial charge in [-0.1, -0.05) is 0 Å². The van der Waals surface area contributed by atoms with Gasteiger partial charge >= 0.3 is 0 Å². The molecule has 11 atom stereocenters. The minimum absolute atomic E-state index is 0.0310. The van der Waals surface area contributed by atoms with Gasteiger partial charge in [0.1, 0.15) is 35.8 Å². The molecule has 0 aromatic rings. The van der Waals surface area contributed by atoms with Gasteiger partial charge in [-0.2, -0.15) is 0 Å². The van der Waals surface area contributed by atoms with E-state index in [4.69, 9.17) is 33.3 Å². The molecule has 11 unspecified atom stereocenters. The van der Waals surface area contributed by atoms with Crippen molar-refractivity contribution in [1.82, 2.24) is 0 Å². The van der Waals surface area contributed by atoms with E-state index in [1.807, 2.05) is 0 Å². The quantitative estimate of drug-likeness (QED) is 0.139. The maximum absolute atomic E-state index is 10.8. The molecular formula is C14H23O14S-. The summed E-state index contributed by atoms with van der Waals surface area (Å²) >= 11 is -3.04. The third-order valence-corrected chi connectivity index (χ3v) is 4.63. The van der Waals surface area contributed by atoms with Crippen LogP contribution < -0.4 is 0 Å². The number of carbonyl (C=O) groups excluding carboxylic acids is 1. The van der Waals surface area contributed by atoms with Crippen LogP contribution in [0.15, 0.2) is 0 Å². The number of carbonyl (C=O) groups is 1. The fourth-order valence-corrected chi connectivity index (χ4v) is 3.23. The van der Waals surface area contributed by atoms with Crippen molar-refractivity contribution in [3.8, 4) is 0 Å². The standard InChI is InChI=1S/C14H24O14S/c1-5-9(21-2)10(27-28-29(19)20)8(18)13(24-5)25-11-6(16)7(17)12(22-3)26-14(11)23-4-15/h4-14,16-18H,1-3H3,(H,19,20)/p-1. The van der Waals surface area contributed by atoms with Gasteiger partial charge in [0, 0.05) is 14.2 Å². The Balaban J connectivity index is 2.18. The summed E-state index contributed by atoms with van der Waals surface area (Å²) in [6, 6.07) is 0. The Labute approximate surface area is 167 Å². The molecule has 0 aromatic heterocycles. The van der Waals surface area contributed by atoms with E-state index in [1.165, 1.54) is 21.1 Å². The zero-order valence-electron chi connectivity index (χ0n) is 15.6. The number of methoxy groups -OCH3 is 2. The highest BCUT2D eigenvalue weighted by Crippen LogP contribution is 2.31. The number of aliphatic hydroxyl groups is 3. The highest BCUT2D eigenvalue weighted by Gasteiger charge is 2.52. The Morgan fingerprint density at radius 2 is 1.62 bits per heavy atom. The van der Waals surface area contributed by atoms with E-state index >= 15 is 0 Å². The van der Waals surface area contributed by atoms with Gasteiger partial charge in [-0.3, -0.25) is 4.79 Å². The van der Waals surface area contributed by atoms with Crippen LogP contribution in [0.1, 0.15) is 6.92 Å². The van der Waals surface area contributed by atoms with Gasteiger partial charge in [-0.05, 0) is 6.92 Å². The summed E-state index contributed by atoms with van der Waals surface area (Å²) in [5, 5.41) is 30.9. The van der Waals surface area contributed by atoms with Crippen LogP contribution >= 0.6 is 0 Å². The van der Waals surface area contributed by atoms with E-state index in [2.05, 4.69) is 4.33 Å². The highest BCUT2D eigenvalue weighted by molar-refractivity contribution is 7.73. The molecule has 2 aliphatic rings. The van der Waals surface area contributed by atoms with Crippen molar-refractivity contribution >= 4 is 17.8 Å². The SMILES string of the molecule is COC1OC(OC=O)C(OC2OC(C)C(OC)C(OOS(=O)[O-])C2O)C(O)C1O. The Kier molecular flexibility index (Phi) is 9.26. The molecule has 29 heavy (non-hydrogen) atoms.